The van der Waals surface area contributed by atoms with E-state index in [-0.39, 0.29) is 29.4 Å². The smallest absolute Gasteiger partial charge is 0.257 e. The van der Waals surface area contributed by atoms with Gasteiger partial charge in [-0.1, -0.05) is 75.6 Å². The van der Waals surface area contributed by atoms with Crippen LogP contribution in [0.25, 0.3) is 0 Å². The number of hydrogen-bond acceptors (Lipinski definition) is 7. The van der Waals surface area contributed by atoms with Crippen molar-refractivity contribution in [3.63, 3.8) is 0 Å². The number of phenols is 1. The first kappa shape index (κ1) is 28.8. The second-order valence-electron chi connectivity index (χ2n) is 11.6. The van der Waals surface area contributed by atoms with Gasteiger partial charge in [0.15, 0.2) is 11.5 Å². The number of ether oxygens (including phenoxy) is 1. The second-order valence-corrected chi connectivity index (χ2v) is 13.0. The Hall–Kier alpha value is -3.99. The molecule has 2 saturated heterocycles. The molecular weight excluding hydrogens is 652 g/mol. The predicted octanol–water partition coefficient (Wildman–Crippen LogP) is 5.37. The number of anilines is 1. The van der Waals surface area contributed by atoms with Gasteiger partial charge in [0.1, 0.15) is 0 Å². The van der Waals surface area contributed by atoms with Gasteiger partial charge in [0.2, 0.25) is 11.8 Å². The lowest BCUT2D eigenvalue weighted by molar-refractivity contribution is -0.173. The maximum absolute atomic E-state index is 15.1. The van der Waals surface area contributed by atoms with Gasteiger partial charge in [0, 0.05) is 21.0 Å². The zero-order valence-electron chi connectivity index (χ0n) is 23.3. The van der Waals surface area contributed by atoms with Gasteiger partial charge in [-0.2, -0.15) is 5.06 Å². The van der Waals surface area contributed by atoms with Crippen LogP contribution in [-0.4, -0.2) is 46.1 Å². The van der Waals surface area contributed by atoms with Crippen molar-refractivity contribution in [2.24, 2.45) is 23.7 Å². The minimum Gasteiger partial charge on any atom is -0.504 e. The van der Waals surface area contributed by atoms with Gasteiger partial charge in [0.25, 0.3) is 11.8 Å². The van der Waals surface area contributed by atoms with Crippen molar-refractivity contribution < 1.29 is 34.2 Å². The summed E-state index contributed by atoms with van der Waals surface area (Å²) < 4.78 is 6.06. The molecule has 0 spiro atoms. The van der Waals surface area contributed by atoms with E-state index < -0.39 is 58.6 Å². The molecule has 4 amide bonds. The van der Waals surface area contributed by atoms with Crippen molar-refractivity contribution in [2.45, 2.75) is 24.2 Å². The molecule has 0 bridgehead atoms. The maximum Gasteiger partial charge on any atom is 0.257 e. The molecule has 0 aromatic heterocycles. The maximum atomic E-state index is 15.1. The molecule has 9 nitrogen and oxygen atoms in total. The minimum absolute atomic E-state index is 0.0682. The van der Waals surface area contributed by atoms with Crippen LogP contribution < -0.4 is 9.64 Å². The van der Waals surface area contributed by atoms with Crippen LogP contribution in [0.5, 0.6) is 11.5 Å². The number of rotatable bonds is 4. The highest BCUT2D eigenvalue weighted by Gasteiger charge is 2.70. The van der Waals surface area contributed by atoms with E-state index in [0.29, 0.717) is 31.9 Å². The lowest BCUT2D eigenvalue weighted by atomic mass is 9.49. The van der Waals surface area contributed by atoms with Crippen LogP contribution in [-0.2, 0) is 24.6 Å². The van der Waals surface area contributed by atoms with E-state index in [1.54, 1.807) is 60.7 Å². The Morgan fingerprint density at radius 1 is 0.955 bits per heavy atom. The first-order chi connectivity index (χ1) is 21.1. The summed E-state index contributed by atoms with van der Waals surface area (Å²) in [4.78, 5) is 57.1. The quantitative estimate of drug-likeness (QED) is 0.216. The fraction of sp³-hybridized carbons (Fsp3) is 0.273. The third-order valence-electron chi connectivity index (χ3n) is 9.74. The number of hydrogen-bond donors (Lipinski definition) is 2. The van der Waals surface area contributed by atoms with Crippen molar-refractivity contribution in [1.29, 1.82) is 0 Å². The summed E-state index contributed by atoms with van der Waals surface area (Å²) in [6.07, 6.45) is 2.06. The molecule has 0 radical (unpaired) electrons. The van der Waals surface area contributed by atoms with Gasteiger partial charge >= 0.3 is 0 Å². The first-order valence-corrected chi connectivity index (χ1v) is 15.3. The van der Waals surface area contributed by atoms with E-state index in [1.165, 1.54) is 7.11 Å². The van der Waals surface area contributed by atoms with Crippen LogP contribution in [0, 0.1) is 23.7 Å². The van der Waals surface area contributed by atoms with E-state index in [2.05, 4.69) is 15.9 Å². The summed E-state index contributed by atoms with van der Waals surface area (Å²) in [5.41, 5.74) is 0.285. The zero-order valence-corrected chi connectivity index (χ0v) is 25.7. The van der Waals surface area contributed by atoms with Gasteiger partial charge in [-0.25, -0.2) is 4.90 Å². The average molecular weight is 678 g/mol. The third-order valence-corrected chi connectivity index (χ3v) is 10.4. The molecule has 2 heterocycles. The topological polar surface area (TPSA) is 124 Å². The Balaban J connectivity index is 1.56. The number of halogens is 2. The average Bonchev–Trinajstić information content (AvgIpc) is 3.38. The molecule has 2 aliphatic heterocycles. The highest BCUT2D eigenvalue weighted by molar-refractivity contribution is 9.10. The highest BCUT2D eigenvalue weighted by Crippen LogP contribution is 2.65. The first-order valence-electron chi connectivity index (χ1n) is 14.1. The third kappa shape index (κ3) is 3.80. The van der Waals surface area contributed by atoms with Crippen LogP contribution in [0.2, 0.25) is 5.02 Å². The Morgan fingerprint density at radius 3 is 2.41 bits per heavy atom. The van der Waals surface area contributed by atoms with Gasteiger partial charge in [0.05, 0.1) is 36.0 Å². The predicted molar refractivity (Wildman–Crippen MR) is 162 cm³/mol. The van der Waals surface area contributed by atoms with E-state index in [9.17, 15) is 24.7 Å². The Labute approximate surface area is 265 Å². The summed E-state index contributed by atoms with van der Waals surface area (Å²) >= 11 is 9.83. The summed E-state index contributed by atoms with van der Waals surface area (Å²) in [5, 5.41) is 22.5. The van der Waals surface area contributed by atoms with Crippen LogP contribution >= 0.6 is 27.5 Å². The Morgan fingerprint density at radius 2 is 1.70 bits per heavy atom. The van der Waals surface area contributed by atoms with E-state index in [4.69, 9.17) is 16.3 Å². The minimum atomic E-state index is -1.55. The Bertz CT molecular complexity index is 1800. The van der Waals surface area contributed by atoms with Crippen molar-refractivity contribution in [3.8, 4) is 11.5 Å². The van der Waals surface area contributed by atoms with E-state index >= 15 is 4.79 Å². The highest BCUT2D eigenvalue weighted by atomic mass is 79.9. The molecule has 44 heavy (non-hydrogen) atoms. The molecule has 7 rings (SSSR count). The number of aromatic hydroxyl groups is 1. The fourth-order valence-electron chi connectivity index (χ4n) is 8.04. The summed E-state index contributed by atoms with van der Waals surface area (Å²) in [6, 6.07) is 18.8. The van der Waals surface area contributed by atoms with E-state index in [1.807, 2.05) is 12.1 Å². The molecule has 2 aliphatic carbocycles. The standard InChI is InChI=1S/C33H26BrClN2O7/c1-44-25-13-17(34)12-23(28(25)38)27-20-10-11-21-26(31(41)37(43)29(21)39)22(20)15-24-30(40)36(19-9-5-8-18(35)14-19)32(42)33(24,27)16-6-3-2-4-7-16/h2-10,12-14,21-22,24,26-27,38,43H,11,15H2,1H3/t21-,22+,24-,26-,27+,33+/m0/s1. The number of allylic oxidation sites excluding steroid dienone is 2. The summed E-state index contributed by atoms with van der Waals surface area (Å²) in [6.45, 7) is 0. The number of phenolic OH excluding ortho intramolecular Hbond substituents is 1. The summed E-state index contributed by atoms with van der Waals surface area (Å²) in [5.74, 6) is -6.80. The molecule has 6 atom stereocenters. The molecule has 1 saturated carbocycles. The lowest BCUT2D eigenvalue weighted by Gasteiger charge is -2.50. The number of amides is 4. The van der Waals surface area contributed by atoms with E-state index in [0.717, 1.165) is 4.90 Å². The van der Waals surface area contributed by atoms with Crippen LogP contribution in [0.3, 0.4) is 0 Å². The van der Waals surface area contributed by atoms with Gasteiger partial charge in [-0.05, 0) is 54.7 Å². The number of fused-ring (bicyclic) bond motifs is 4. The van der Waals surface area contributed by atoms with Crippen LogP contribution in [0.1, 0.15) is 29.9 Å². The molecule has 3 aromatic carbocycles. The lowest BCUT2D eigenvalue weighted by Crippen LogP contribution is -2.53. The molecule has 11 heteroatoms. The van der Waals surface area contributed by atoms with Crippen LogP contribution in [0.4, 0.5) is 5.69 Å². The molecule has 3 fully saturated rings. The number of carbonyl (C=O) groups is 4. The van der Waals surface area contributed by atoms with Crippen molar-refractivity contribution >= 4 is 56.8 Å². The SMILES string of the molecule is COc1cc(Br)cc([C@H]2C3=CC[C@@H]4C(=O)N(O)C(=O)[C@@H]4[C@@H]3C[C@H]3C(=O)N(c4cccc(Cl)c4)C(=O)[C@@]23c2ccccc2)c1O. The molecule has 3 aromatic rings. The molecule has 4 aliphatic rings. The van der Waals surface area contributed by atoms with Gasteiger partial charge < -0.3 is 9.84 Å². The van der Waals surface area contributed by atoms with Crippen molar-refractivity contribution in [1.82, 2.24) is 5.06 Å². The monoisotopic (exact) mass is 676 g/mol. The molecular formula is C33H26BrClN2O7. The normalized spacial score (nSPS) is 29.4. The number of imide groups is 2. The molecule has 224 valence electrons. The largest absolute Gasteiger partial charge is 0.504 e. The summed E-state index contributed by atoms with van der Waals surface area (Å²) in [7, 11) is 1.42. The Kier molecular flexibility index (Phi) is 6.73. The fourth-order valence-corrected chi connectivity index (χ4v) is 8.68. The second kappa shape index (κ2) is 10.3. The van der Waals surface area contributed by atoms with Crippen molar-refractivity contribution in [3.05, 3.63) is 99.0 Å². The molecule has 2 N–H and O–H groups in total. The number of nitrogens with zero attached hydrogens (tertiary/aromatic N) is 2. The number of methoxy groups -OCH3 is 1. The zero-order chi connectivity index (χ0) is 31.1. The van der Waals surface area contributed by atoms with Crippen molar-refractivity contribution in [2.75, 3.05) is 12.0 Å². The number of carbonyl (C=O) groups excluding carboxylic acids is 4. The van der Waals surface area contributed by atoms with Crippen LogP contribution in [0.15, 0.2) is 82.9 Å². The van der Waals surface area contributed by atoms with Gasteiger partial charge in [-0.3, -0.25) is 24.4 Å². The number of benzene rings is 3. The number of hydroxylamine groups is 2. The van der Waals surface area contributed by atoms with Gasteiger partial charge in [-0.15, -0.1) is 0 Å². The molecule has 0 unspecified atom stereocenters.